The Morgan fingerprint density at radius 1 is 0.955 bits per heavy atom. The van der Waals surface area contributed by atoms with Crippen LogP contribution in [-0.2, 0) is 0 Å². The van der Waals surface area contributed by atoms with Crippen molar-refractivity contribution in [3.05, 3.63) is 48.0 Å². The van der Waals surface area contributed by atoms with Crippen molar-refractivity contribution in [1.29, 1.82) is 0 Å². The van der Waals surface area contributed by atoms with Gasteiger partial charge in [0.05, 0.1) is 26.6 Å². The Morgan fingerprint density at radius 2 is 1.50 bits per heavy atom. The van der Waals surface area contributed by atoms with E-state index in [4.69, 9.17) is 14.2 Å². The number of methoxy groups -OCH3 is 3. The normalized spacial score (nSPS) is 10.1. The van der Waals surface area contributed by atoms with Crippen molar-refractivity contribution in [3.63, 3.8) is 0 Å². The molecule has 6 heteroatoms. The van der Waals surface area contributed by atoms with E-state index in [-0.39, 0.29) is 34.4 Å². The molecule has 0 aliphatic heterocycles. The Morgan fingerprint density at radius 3 is 1.95 bits per heavy atom. The Kier molecular flexibility index (Phi) is 7.48. The van der Waals surface area contributed by atoms with Gasteiger partial charge in [-0.3, -0.25) is 4.79 Å². The molecule has 0 N–H and O–H groups in total. The van der Waals surface area contributed by atoms with Crippen LogP contribution in [0.15, 0.2) is 42.5 Å². The summed E-state index contributed by atoms with van der Waals surface area (Å²) in [5.74, 6) is 1.81. The predicted molar refractivity (Wildman–Crippen MR) is 85.9 cm³/mol. The first-order chi connectivity index (χ1) is 10.2. The van der Waals surface area contributed by atoms with Crippen LogP contribution in [0.3, 0.4) is 0 Å². The zero-order valence-electron chi connectivity index (χ0n) is 14.2. The summed E-state index contributed by atoms with van der Waals surface area (Å²) in [6.07, 6.45) is 0. The molecule has 0 aromatic heterocycles. The molecule has 2 aromatic carbocycles. The largest absolute Gasteiger partial charge is 1.00 e. The van der Waals surface area contributed by atoms with Crippen LogP contribution in [-0.4, -0.2) is 26.9 Å². The molecule has 2 aromatic rings. The zero-order chi connectivity index (χ0) is 15.2. The van der Waals surface area contributed by atoms with Crippen LogP contribution in [0, 0.1) is 0 Å². The standard InChI is InChI=1S/C16H17O4P.Li.H/c1-18-12-9-13(19-2)15(14(10-12)20-3)21-16(17)11-7-5-4-6-8-11;;/h4-10,21H,1-3H3;;/q;+1;-1. The maximum atomic E-state index is 12.4. The molecule has 0 saturated carbocycles. The van der Waals surface area contributed by atoms with Gasteiger partial charge in [0.2, 0.25) is 0 Å². The van der Waals surface area contributed by atoms with E-state index in [1.807, 2.05) is 18.2 Å². The smallest absolute Gasteiger partial charge is 1.00 e. The van der Waals surface area contributed by atoms with E-state index in [9.17, 15) is 4.79 Å². The van der Waals surface area contributed by atoms with Gasteiger partial charge in [0.15, 0.2) is 5.52 Å². The molecule has 0 saturated heterocycles. The number of rotatable bonds is 6. The second-order valence-corrected chi connectivity index (χ2v) is 5.43. The Bertz CT molecular complexity index is 612. The van der Waals surface area contributed by atoms with Crippen LogP contribution >= 0.6 is 8.58 Å². The first-order valence-electron chi connectivity index (χ1n) is 6.36. The van der Waals surface area contributed by atoms with Crippen LogP contribution in [0.2, 0.25) is 0 Å². The van der Waals surface area contributed by atoms with Crippen LogP contribution in [0.5, 0.6) is 17.2 Å². The van der Waals surface area contributed by atoms with Crippen molar-refractivity contribution < 1.29 is 39.3 Å². The van der Waals surface area contributed by atoms with Crippen molar-refractivity contribution in [1.82, 2.24) is 0 Å². The van der Waals surface area contributed by atoms with Crippen LogP contribution < -0.4 is 38.4 Å². The molecule has 0 aliphatic rings. The van der Waals surface area contributed by atoms with Gasteiger partial charge in [0.1, 0.15) is 17.2 Å². The quantitative estimate of drug-likeness (QED) is 0.555. The molecular weight excluding hydrogens is 294 g/mol. The van der Waals surface area contributed by atoms with Gasteiger partial charge in [-0.2, -0.15) is 0 Å². The van der Waals surface area contributed by atoms with Gasteiger partial charge in [-0.05, 0) is 8.58 Å². The minimum atomic E-state index is -0.0797. The molecule has 1 unspecified atom stereocenters. The number of carbonyl (C=O) groups is 1. The summed E-state index contributed by atoms with van der Waals surface area (Å²) in [6.45, 7) is 0. The maximum absolute atomic E-state index is 12.4. The molecular formula is C16H18LiO4P. The summed E-state index contributed by atoms with van der Waals surface area (Å²) in [5, 5.41) is 0.745. The third-order valence-corrected chi connectivity index (χ3v) is 4.25. The first-order valence-corrected chi connectivity index (χ1v) is 7.36. The minimum Gasteiger partial charge on any atom is -1.00 e. The molecule has 0 heterocycles. The SMILES string of the molecule is COc1cc(OC)c(PC(=O)c2ccccc2)c(OC)c1.[H-].[Li+]. The Balaban J connectivity index is 0.00000242. The van der Waals surface area contributed by atoms with Crippen molar-refractivity contribution in [3.8, 4) is 17.2 Å². The monoisotopic (exact) mass is 312 g/mol. The molecule has 22 heavy (non-hydrogen) atoms. The van der Waals surface area contributed by atoms with Crippen molar-refractivity contribution in [2.45, 2.75) is 0 Å². The topological polar surface area (TPSA) is 44.8 Å². The second kappa shape index (κ2) is 8.85. The van der Waals surface area contributed by atoms with Crippen molar-refractivity contribution >= 4 is 19.4 Å². The summed E-state index contributed by atoms with van der Waals surface area (Å²) in [4.78, 5) is 12.4. The molecule has 112 valence electrons. The molecule has 0 aliphatic carbocycles. The van der Waals surface area contributed by atoms with E-state index in [0.717, 1.165) is 5.30 Å². The molecule has 2 rings (SSSR count). The molecule has 0 amide bonds. The molecule has 0 radical (unpaired) electrons. The van der Waals surface area contributed by atoms with E-state index < -0.39 is 0 Å². The molecule has 0 fully saturated rings. The summed E-state index contributed by atoms with van der Waals surface area (Å²) >= 11 is 0. The van der Waals surface area contributed by atoms with Gasteiger partial charge in [-0.15, -0.1) is 0 Å². The minimum absolute atomic E-state index is 0. The van der Waals surface area contributed by atoms with Gasteiger partial charge in [0, 0.05) is 17.7 Å². The first kappa shape index (κ1) is 18.6. The molecule has 0 spiro atoms. The fraction of sp³-hybridized carbons (Fsp3) is 0.188. The Labute approximate surface area is 145 Å². The maximum Gasteiger partial charge on any atom is 1.00 e. The molecule has 0 bridgehead atoms. The van der Waals surface area contributed by atoms with Gasteiger partial charge < -0.3 is 15.6 Å². The summed E-state index contributed by atoms with van der Waals surface area (Å²) in [5.41, 5.74) is 0.716. The molecule has 4 nitrogen and oxygen atoms in total. The number of carbonyl (C=O) groups excluding carboxylic acids is 1. The van der Waals surface area contributed by atoms with Crippen LogP contribution in [0.25, 0.3) is 0 Å². The van der Waals surface area contributed by atoms with Crippen molar-refractivity contribution in [2.24, 2.45) is 0 Å². The van der Waals surface area contributed by atoms with E-state index >= 15 is 0 Å². The number of ether oxygens (including phenoxy) is 3. The Hall–Kier alpha value is -1.46. The fourth-order valence-electron chi connectivity index (χ4n) is 1.90. The summed E-state index contributed by atoms with van der Waals surface area (Å²) in [6, 6.07) is 12.7. The number of benzene rings is 2. The predicted octanol–water partition coefficient (Wildman–Crippen LogP) is -0.0269. The summed E-state index contributed by atoms with van der Waals surface area (Å²) < 4.78 is 15.9. The van der Waals surface area contributed by atoms with Crippen molar-refractivity contribution in [2.75, 3.05) is 21.3 Å². The van der Waals surface area contributed by atoms with E-state index in [2.05, 4.69) is 0 Å². The van der Waals surface area contributed by atoms with Crippen LogP contribution in [0.1, 0.15) is 11.8 Å². The van der Waals surface area contributed by atoms with Crippen LogP contribution in [0.4, 0.5) is 0 Å². The van der Waals surface area contributed by atoms with E-state index in [1.54, 1.807) is 45.6 Å². The van der Waals surface area contributed by atoms with E-state index in [0.29, 0.717) is 22.8 Å². The molecule has 1 atom stereocenters. The average Bonchev–Trinajstić information content (AvgIpc) is 2.55. The fourth-order valence-corrected chi connectivity index (χ4v) is 3.04. The zero-order valence-corrected chi connectivity index (χ0v) is 14.2. The third kappa shape index (κ3) is 4.27. The van der Waals surface area contributed by atoms with E-state index in [1.165, 1.54) is 0 Å². The number of hydrogen-bond acceptors (Lipinski definition) is 4. The van der Waals surface area contributed by atoms with Gasteiger partial charge >= 0.3 is 18.9 Å². The van der Waals surface area contributed by atoms with Gasteiger partial charge in [0.25, 0.3) is 0 Å². The van der Waals surface area contributed by atoms with Gasteiger partial charge in [-0.25, -0.2) is 0 Å². The summed E-state index contributed by atoms with van der Waals surface area (Å²) in [7, 11) is 4.62. The second-order valence-electron chi connectivity index (χ2n) is 4.23. The average molecular weight is 312 g/mol. The third-order valence-electron chi connectivity index (χ3n) is 2.99. The van der Waals surface area contributed by atoms with Gasteiger partial charge in [-0.1, -0.05) is 30.3 Å². The number of hydrogen-bond donors (Lipinski definition) is 0.